The number of nitro groups is 1. The number of ether oxygens (including phenoxy) is 4. The van der Waals surface area contributed by atoms with Crippen LogP contribution in [-0.4, -0.2) is 80.2 Å². The zero-order valence-electron chi connectivity index (χ0n) is 28.8. The van der Waals surface area contributed by atoms with E-state index in [0.717, 1.165) is 16.7 Å². The molecule has 51 heavy (non-hydrogen) atoms. The van der Waals surface area contributed by atoms with Crippen LogP contribution in [0.1, 0.15) is 27.0 Å². The van der Waals surface area contributed by atoms with Crippen molar-refractivity contribution in [2.24, 2.45) is 0 Å². The molecule has 0 unspecified atom stereocenters. The van der Waals surface area contributed by atoms with Crippen molar-refractivity contribution in [3.8, 4) is 17.2 Å². The molecule has 1 atom stereocenters. The van der Waals surface area contributed by atoms with Gasteiger partial charge in [0.25, 0.3) is 17.5 Å². The highest BCUT2D eigenvalue weighted by Crippen LogP contribution is 2.37. The fourth-order valence-electron chi connectivity index (χ4n) is 6.33. The van der Waals surface area contributed by atoms with E-state index in [1.165, 1.54) is 6.07 Å². The topological polar surface area (TPSA) is 124 Å². The monoisotopic (exact) mass is 692 g/mol. The van der Waals surface area contributed by atoms with Crippen molar-refractivity contribution in [1.29, 1.82) is 0 Å². The molecule has 264 valence electrons. The first kappa shape index (κ1) is 35.0. The molecular formula is C39H40N4O8. The molecule has 4 aromatic carbocycles. The third kappa shape index (κ3) is 7.97. The van der Waals surface area contributed by atoms with E-state index in [2.05, 4.69) is 0 Å². The number of carbonyl (C=O) groups is 2. The minimum atomic E-state index is -0.851. The van der Waals surface area contributed by atoms with Gasteiger partial charge in [-0.05, 0) is 65.2 Å². The van der Waals surface area contributed by atoms with Crippen LogP contribution in [0, 0.1) is 10.1 Å². The minimum absolute atomic E-state index is 0.200. The zero-order chi connectivity index (χ0) is 35.9. The van der Waals surface area contributed by atoms with Crippen molar-refractivity contribution < 1.29 is 33.5 Å². The van der Waals surface area contributed by atoms with Gasteiger partial charge in [-0.15, -0.1) is 0 Å². The SMILES string of the molecule is COc1ccc(CC2=CN(c3ccc(C(=O)N4CCOCC4)cc3[N+](=O)[O-])[C@@H](Cc3ccc(OC)cc3)C(=O)N2Cc2ccc(OC)cc2)cc1. The van der Waals surface area contributed by atoms with Crippen LogP contribution in [0.4, 0.5) is 11.4 Å². The number of hydrogen-bond acceptors (Lipinski definition) is 9. The summed E-state index contributed by atoms with van der Waals surface area (Å²) in [4.78, 5) is 45.5. The fraction of sp³-hybridized carbons (Fsp3) is 0.282. The van der Waals surface area contributed by atoms with E-state index in [1.54, 1.807) is 48.2 Å². The van der Waals surface area contributed by atoms with Gasteiger partial charge in [0.05, 0.1) is 46.0 Å². The number of methoxy groups -OCH3 is 3. The first-order valence-corrected chi connectivity index (χ1v) is 16.6. The quantitative estimate of drug-likeness (QED) is 0.137. The van der Waals surface area contributed by atoms with Gasteiger partial charge in [0.15, 0.2) is 0 Å². The van der Waals surface area contributed by atoms with Crippen LogP contribution >= 0.6 is 0 Å². The highest BCUT2D eigenvalue weighted by atomic mass is 16.6. The predicted octanol–water partition coefficient (Wildman–Crippen LogP) is 5.64. The molecule has 0 spiro atoms. The van der Waals surface area contributed by atoms with Gasteiger partial charge in [0, 0.05) is 49.5 Å². The first-order chi connectivity index (χ1) is 24.8. The average molecular weight is 693 g/mol. The number of amides is 2. The van der Waals surface area contributed by atoms with Crippen LogP contribution in [-0.2, 0) is 28.9 Å². The van der Waals surface area contributed by atoms with Gasteiger partial charge in [-0.3, -0.25) is 19.7 Å². The standard InChI is InChI=1S/C39H40N4O8/c1-48-32-11-4-27(5-12-32)22-31-26-42(35-17-10-30(24-36(35)43(46)47)38(44)40-18-20-51-21-19-40)37(23-28-6-13-33(49-2)14-7-28)39(45)41(31)25-29-8-15-34(50-3)16-9-29/h4-17,24,26,37H,18-23,25H2,1-3H3/t37-/m0/s1. The molecule has 0 saturated carbocycles. The van der Waals surface area contributed by atoms with Crippen LogP contribution < -0.4 is 19.1 Å². The summed E-state index contributed by atoms with van der Waals surface area (Å²) in [6.07, 6.45) is 2.44. The number of anilines is 1. The number of rotatable bonds is 12. The summed E-state index contributed by atoms with van der Waals surface area (Å²) in [6.45, 7) is 1.89. The summed E-state index contributed by atoms with van der Waals surface area (Å²) in [6, 6.07) is 26.1. The van der Waals surface area contributed by atoms with E-state index in [1.807, 2.05) is 79.0 Å². The van der Waals surface area contributed by atoms with E-state index in [0.29, 0.717) is 55.7 Å². The Labute approximate surface area is 296 Å². The molecule has 12 nitrogen and oxygen atoms in total. The molecule has 2 aliphatic heterocycles. The van der Waals surface area contributed by atoms with Crippen LogP contribution in [0.5, 0.6) is 17.2 Å². The van der Waals surface area contributed by atoms with E-state index >= 15 is 0 Å². The Bertz CT molecular complexity index is 1890. The van der Waals surface area contributed by atoms with Gasteiger partial charge in [0.2, 0.25) is 0 Å². The summed E-state index contributed by atoms with van der Waals surface area (Å²) in [5.74, 6) is 1.54. The molecule has 0 aromatic heterocycles. The molecule has 2 heterocycles. The maximum absolute atomic E-state index is 14.9. The molecule has 0 aliphatic carbocycles. The Hall–Kier alpha value is -5.88. The van der Waals surface area contributed by atoms with Gasteiger partial charge in [-0.1, -0.05) is 36.4 Å². The normalized spacial score (nSPS) is 16.1. The van der Waals surface area contributed by atoms with Crippen molar-refractivity contribution in [2.45, 2.75) is 25.4 Å². The van der Waals surface area contributed by atoms with Crippen LogP contribution in [0.15, 0.2) is 103 Å². The Kier molecular flexibility index (Phi) is 10.8. The van der Waals surface area contributed by atoms with E-state index in [4.69, 9.17) is 18.9 Å². The number of benzene rings is 4. The van der Waals surface area contributed by atoms with Crippen LogP contribution in [0.25, 0.3) is 0 Å². The summed E-state index contributed by atoms with van der Waals surface area (Å²) >= 11 is 0. The largest absolute Gasteiger partial charge is 0.497 e. The Morgan fingerprint density at radius 2 is 1.35 bits per heavy atom. The summed E-state index contributed by atoms with van der Waals surface area (Å²) < 4.78 is 21.4. The lowest BCUT2D eigenvalue weighted by atomic mass is 9.97. The maximum Gasteiger partial charge on any atom is 0.293 e. The van der Waals surface area contributed by atoms with Gasteiger partial charge >= 0.3 is 0 Å². The maximum atomic E-state index is 14.9. The number of carbonyl (C=O) groups excluding carboxylic acids is 2. The third-order valence-electron chi connectivity index (χ3n) is 9.15. The molecule has 0 N–H and O–H groups in total. The number of morpholine rings is 1. The Morgan fingerprint density at radius 1 is 0.804 bits per heavy atom. The van der Waals surface area contributed by atoms with E-state index in [-0.39, 0.29) is 41.7 Å². The lowest BCUT2D eigenvalue weighted by molar-refractivity contribution is -0.384. The summed E-state index contributed by atoms with van der Waals surface area (Å²) in [7, 11) is 4.78. The highest BCUT2D eigenvalue weighted by molar-refractivity contribution is 5.97. The first-order valence-electron chi connectivity index (χ1n) is 16.6. The molecule has 2 amide bonds. The second-order valence-electron chi connectivity index (χ2n) is 12.3. The van der Waals surface area contributed by atoms with Gasteiger partial charge < -0.3 is 33.6 Å². The molecule has 1 fully saturated rings. The number of hydrogen-bond donors (Lipinski definition) is 0. The highest BCUT2D eigenvalue weighted by Gasteiger charge is 2.39. The number of allylic oxidation sites excluding steroid dienone is 1. The second kappa shape index (κ2) is 15.8. The smallest absolute Gasteiger partial charge is 0.293 e. The lowest BCUT2D eigenvalue weighted by Crippen LogP contribution is -2.52. The molecule has 2 aliphatic rings. The number of nitro benzene ring substituents is 1. The van der Waals surface area contributed by atoms with Crippen LogP contribution in [0.3, 0.4) is 0 Å². The van der Waals surface area contributed by atoms with Gasteiger partial charge in [-0.2, -0.15) is 0 Å². The van der Waals surface area contributed by atoms with Crippen LogP contribution in [0.2, 0.25) is 0 Å². The van der Waals surface area contributed by atoms with Crippen molar-refractivity contribution in [3.63, 3.8) is 0 Å². The zero-order valence-corrected chi connectivity index (χ0v) is 28.8. The van der Waals surface area contributed by atoms with Gasteiger partial charge in [-0.25, -0.2) is 0 Å². The molecule has 0 radical (unpaired) electrons. The Balaban J connectivity index is 1.46. The number of nitrogens with zero attached hydrogens (tertiary/aromatic N) is 4. The molecular weight excluding hydrogens is 652 g/mol. The van der Waals surface area contributed by atoms with Crippen molar-refractivity contribution in [3.05, 3.63) is 135 Å². The predicted molar refractivity (Wildman–Crippen MR) is 191 cm³/mol. The third-order valence-corrected chi connectivity index (χ3v) is 9.15. The van der Waals surface area contributed by atoms with E-state index in [9.17, 15) is 19.7 Å². The molecule has 1 saturated heterocycles. The summed E-state index contributed by atoms with van der Waals surface area (Å²) in [5.41, 5.74) is 3.44. The molecule has 6 rings (SSSR count). The molecule has 12 heteroatoms. The molecule has 0 bridgehead atoms. The fourth-order valence-corrected chi connectivity index (χ4v) is 6.33. The second-order valence-corrected chi connectivity index (χ2v) is 12.3. The summed E-state index contributed by atoms with van der Waals surface area (Å²) in [5, 5.41) is 12.7. The van der Waals surface area contributed by atoms with E-state index < -0.39 is 11.0 Å². The Morgan fingerprint density at radius 3 is 1.90 bits per heavy atom. The van der Waals surface area contributed by atoms with Crippen molar-refractivity contribution in [2.75, 3.05) is 52.5 Å². The van der Waals surface area contributed by atoms with Crippen molar-refractivity contribution >= 4 is 23.2 Å². The van der Waals surface area contributed by atoms with Crippen molar-refractivity contribution in [1.82, 2.24) is 9.80 Å². The minimum Gasteiger partial charge on any atom is -0.497 e. The average Bonchev–Trinajstić information content (AvgIpc) is 3.17. The van der Waals surface area contributed by atoms with Gasteiger partial charge in [0.1, 0.15) is 29.0 Å². The lowest BCUT2D eigenvalue weighted by Gasteiger charge is -2.41. The molecule has 4 aromatic rings.